The van der Waals surface area contributed by atoms with Gasteiger partial charge in [-0.25, -0.2) is 0 Å². The lowest BCUT2D eigenvalue weighted by molar-refractivity contribution is 2.13. The first kappa shape index (κ1) is 48.7. The van der Waals surface area contributed by atoms with Crippen molar-refractivity contribution in [1.29, 1.82) is 0 Å². The van der Waals surface area contributed by atoms with E-state index in [1.54, 1.807) is 0 Å². The quantitative estimate of drug-likeness (QED) is 0.456. The van der Waals surface area contributed by atoms with Crippen LogP contribution in [0, 0.1) is 0 Å². The first-order valence-electron chi connectivity index (χ1n) is 2.68. The van der Waals surface area contributed by atoms with Crippen LogP contribution >= 0.6 is 15.8 Å². The molecule has 0 aromatic heterocycles. The fraction of sp³-hybridized carbons (Fsp3) is 1.00. The highest BCUT2D eigenvalue weighted by molar-refractivity contribution is 7.55. The molecule has 2 heteroatoms. The van der Waals surface area contributed by atoms with Gasteiger partial charge in [-0.05, 0) is 40.0 Å². The molecule has 0 bridgehead atoms. The van der Waals surface area contributed by atoms with E-state index in [1.807, 2.05) is 0 Å². The maximum atomic E-state index is 2.23. The van der Waals surface area contributed by atoms with Gasteiger partial charge in [-0.1, -0.05) is 37.1 Å². The van der Waals surface area contributed by atoms with Crippen LogP contribution < -0.4 is 0 Å². The molecule has 0 aliphatic heterocycles. The lowest BCUT2D eigenvalue weighted by atomic mass is 11.9. The summed E-state index contributed by atoms with van der Waals surface area (Å²) < 4.78 is 0. The summed E-state index contributed by atoms with van der Waals surface area (Å²) in [6.07, 6.45) is 0. The number of hydrogen-bond acceptors (Lipinski definition) is 0. The van der Waals surface area contributed by atoms with Gasteiger partial charge in [0.15, 0.2) is 0 Å². The van der Waals surface area contributed by atoms with E-state index >= 15 is 0 Å². The summed E-state index contributed by atoms with van der Waals surface area (Å²) in [5, 5.41) is 0. The van der Waals surface area contributed by atoms with Gasteiger partial charge in [-0.3, -0.25) is 0 Å². The molecule has 0 atom stereocenters. The lowest BCUT2D eigenvalue weighted by Gasteiger charge is -1.81. The molecule has 0 fully saturated rings. The minimum absolute atomic E-state index is 0. The summed E-state index contributed by atoms with van der Waals surface area (Å²) in [5.41, 5.74) is 0. The van der Waals surface area contributed by atoms with Gasteiger partial charge in [0.2, 0.25) is 0 Å². The first-order chi connectivity index (χ1) is 3.46. The molecule has 0 nitrogen and oxygen atoms in total. The third-order valence-electron chi connectivity index (χ3n) is 0. The smallest absolute Gasteiger partial charge is 0.0449 e. The highest BCUT2D eigenvalue weighted by Crippen LogP contribution is 2.14. The van der Waals surface area contributed by atoms with Gasteiger partial charge < -0.3 is 0 Å². The third-order valence-corrected chi connectivity index (χ3v) is 0. The van der Waals surface area contributed by atoms with E-state index in [0.717, 1.165) is 0 Å². The fourth-order valence-corrected chi connectivity index (χ4v) is 0. The predicted octanol–water partition coefficient (Wildman–Crippen LogP) is 5.90. The Labute approximate surface area is 93.4 Å². The van der Waals surface area contributed by atoms with Gasteiger partial charge in [0.1, 0.15) is 0 Å². The molecule has 0 N–H and O–H groups in total. The molecule has 0 aliphatic rings. The molecule has 0 heterocycles. The molecular weight excluding hydrogens is 194 g/mol. The lowest BCUT2D eigenvalue weighted by Crippen LogP contribution is -1.48. The molecular formula is C11H38P2. The van der Waals surface area contributed by atoms with Gasteiger partial charge in [-0.15, -0.1) is 15.8 Å². The average Bonchev–Trinajstić information content (AvgIpc) is 1.25. The molecule has 0 saturated carbocycles. The molecule has 0 aliphatic carbocycles. The topological polar surface area (TPSA) is 0 Å². The van der Waals surface area contributed by atoms with Crippen LogP contribution in [-0.4, -0.2) is 40.0 Å². The second-order valence-electron chi connectivity index (χ2n) is 2.68. The summed E-state index contributed by atoms with van der Waals surface area (Å²) in [7, 11) is 0.759. The second kappa shape index (κ2) is 38.4. The van der Waals surface area contributed by atoms with Crippen LogP contribution in [0.1, 0.15) is 37.1 Å². The van der Waals surface area contributed by atoms with Gasteiger partial charge in [0.25, 0.3) is 0 Å². The van der Waals surface area contributed by atoms with Gasteiger partial charge in [0.05, 0.1) is 0 Å². The summed E-state index contributed by atoms with van der Waals surface area (Å²) >= 11 is 0. The average molecular weight is 232 g/mol. The van der Waals surface area contributed by atoms with Crippen molar-refractivity contribution in [3.8, 4) is 0 Å². The zero-order chi connectivity index (χ0) is 7.15. The van der Waals surface area contributed by atoms with Crippen molar-refractivity contribution in [2.24, 2.45) is 0 Å². The fourth-order valence-electron chi connectivity index (χ4n) is 0. The van der Waals surface area contributed by atoms with Crippen LogP contribution in [0.5, 0.6) is 0 Å². The number of rotatable bonds is 0. The van der Waals surface area contributed by atoms with Crippen molar-refractivity contribution < 1.29 is 0 Å². The van der Waals surface area contributed by atoms with E-state index < -0.39 is 0 Å². The molecule has 0 unspecified atom stereocenters. The maximum absolute atomic E-state index is 2.23. The second-order valence-corrected chi connectivity index (χ2v) is 8.05. The van der Waals surface area contributed by atoms with Crippen LogP contribution in [0.4, 0.5) is 0 Å². The zero-order valence-corrected chi connectivity index (χ0v) is 8.68. The first-order valence-corrected chi connectivity index (χ1v) is 8.05. The Bertz CT molecular complexity index is 23.6. The summed E-state index contributed by atoms with van der Waals surface area (Å²) in [6, 6.07) is 0. The maximum Gasteiger partial charge on any atom is -0.0449 e. The monoisotopic (exact) mass is 232 g/mol. The Kier molecular flexibility index (Phi) is 144. The van der Waals surface area contributed by atoms with Crippen molar-refractivity contribution >= 4 is 15.8 Å². The molecule has 0 radical (unpaired) electrons. The van der Waals surface area contributed by atoms with E-state index in [1.165, 1.54) is 0 Å². The molecule has 92 valence electrons. The van der Waals surface area contributed by atoms with Crippen LogP contribution in [0.3, 0.4) is 0 Å². The SMILES string of the molecule is C.C.C.C.C.CP(C)C.CP(C)C. The normalized spacial score (nSPS) is 5.54. The van der Waals surface area contributed by atoms with Gasteiger partial charge in [0, 0.05) is 0 Å². The van der Waals surface area contributed by atoms with Crippen LogP contribution in [0.2, 0.25) is 0 Å². The van der Waals surface area contributed by atoms with Crippen molar-refractivity contribution in [2.75, 3.05) is 40.0 Å². The summed E-state index contributed by atoms with van der Waals surface area (Å²) in [4.78, 5) is 0. The van der Waals surface area contributed by atoms with Crippen molar-refractivity contribution in [2.45, 2.75) is 37.1 Å². The van der Waals surface area contributed by atoms with E-state index in [2.05, 4.69) is 40.0 Å². The Hall–Kier alpha value is 0.860. The van der Waals surface area contributed by atoms with E-state index in [4.69, 9.17) is 0 Å². The molecule has 0 aromatic carbocycles. The standard InChI is InChI=1S/2C3H9P.5CH4/c2*1-4(2)3;;;;;/h2*1-3H3;5*1H4. The largest absolute Gasteiger partial charge is 0.116 e. The highest BCUT2D eigenvalue weighted by atomic mass is 31.1. The van der Waals surface area contributed by atoms with Crippen LogP contribution in [0.25, 0.3) is 0 Å². The minimum atomic E-state index is 0. The third kappa shape index (κ3) is 2050. The Morgan fingerprint density at radius 2 is 0.385 bits per heavy atom. The molecule has 0 spiro atoms. The van der Waals surface area contributed by atoms with E-state index in [9.17, 15) is 0 Å². The Balaban J connectivity index is -0.00000000800. The van der Waals surface area contributed by atoms with Gasteiger partial charge in [-0.2, -0.15) is 0 Å². The van der Waals surface area contributed by atoms with Crippen molar-refractivity contribution in [1.82, 2.24) is 0 Å². The Morgan fingerprint density at radius 1 is 0.385 bits per heavy atom. The summed E-state index contributed by atoms with van der Waals surface area (Å²) in [6.45, 7) is 13.4. The van der Waals surface area contributed by atoms with Crippen molar-refractivity contribution in [3.63, 3.8) is 0 Å². The molecule has 0 amide bonds. The van der Waals surface area contributed by atoms with E-state index in [-0.39, 0.29) is 37.1 Å². The summed E-state index contributed by atoms with van der Waals surface area (Å²) in [5.74, 6) is 0. The number of hydrogen-bond donors (Lipinski definition) is 0. The zero-order valence-electron chi connectivity index (χ0n) is 6.89. The molecule has 0 rings (SSSR count). The molecule has 13 heavy (non-hydrogen) atoms. The predicted molar refractivity (Wildman–Crippen MR) is 83.0 cm³/mol. The van der Waals surface area contributed by atoms with Crippen molar-refractivity contribution in [3.05, 3.63) is 0 Å². The highest BCUT2D eigenvalue weighted by Gasteiger charge is 1.66. The Morgan fingerprint density at radius 3 is 0.385 bits per heavy atom. The van der Waals surface area contributed by atoms with E-state index in [0.29, 0.717) is 15.8 Å². The molecule has 0 aromatic rings. The minimum Gasteiger partial charge on any atom is -0.116 e. The molecule has 0 saturated heterocycles. The van der Waals surface area contributed by atoms with Crippen LogP contribution in [-0.2, 0) is 0 Å². The van der Waals surface area contributed by atoms with Crippen LogP contribution in [0.15, 0.2) is 0 Å². The van der Waals surface area contributed by atoms with Gasteiger partial charge >= 0.3 is 0 Å².